The van der Waals surface area contributed by atoms with Gasteiger partial charge in [-0.15, -0.1) is 0 Å². The predicted molar refractivity (Wildman–Crippen MR) is 103 cm³/mol. The molecule has 7 heteroatoms. The first-order valence-corrected chi connectivity index (χ1v) is 8.54. The van der Waals surface area contributed by atoms with Crippen molar-refractivity contribution in [3.63, 3.8) is 0 Å². The standard InChI is InChI=1S/C18H17IN2O4/c1-11-7-8-15(12(2)9-11)20-18(24)21-16(22)10-25-17(23)13-5-3-4-6-14(13)19/h3-9H,10H2,1-2H3,(H2,20,21,22,24). The van der Waals surface area contributed by atoms with E-state index < -0.39 is 24.5 Å². The zero-order chi connectivity index (χ0) is 18.4. The molecule has 25 heavy (non-hydrogen) atoms. The summed E-state index contributed by atoms with van der Waals surface area (Å²) in [5.74, 6) is -1.32. The maximum absolute atomic E-state index is 11.9. The van der Waals surface area contributed by atoms with E-state index in [0.717, 1.165) is 14.7 Å². The highest BCUT2D eigenvalue weighted by Crippen LogP contribution is 2.15. The molecule has 2 aromatic rings. The van der Waals surface area contributed by atoms with E-state index in [9.17, 15) is 14.4 Å². The number of anilines is 1. The molecule has 0 fully saturated rings. The molecule has 3 amide bonds. The third-order valence-corrected chi connectivity index (χ3v) is 4.25. The normalized spacial score (nSPS) is 10.0. The number of hydrogen-bond acceptors (Lipinski definition) is 4. The van der Waals surface area contributed by atoms with Crippen LogP contribution in [0.5, 0.6) is 0 Å². The van der Waals surface area contributed by atoms with Crippen LogP contribution in [0.25, 0.3) is 0 Å². The summed E-state index contributed by atoms with van der Waals surface area (Å²) in [4.78, 5) is 35.5. The number of urea groups is 1. The molecule has 0 aliphatic heterocycles. The highest BCUT2D eigenvalue weighted by atomic mass is 127. The molecule has 0 radical (unpaired) electrons. The Morgan fingerprint density at radius 1 is 1.08 bits per heavy atom. The fourth-order valence-electron chi connectivity index (χ4n) is 2.11. The Morgan fingerprint density at radius 3 is 2.48 bits per heavy atom. The topological polar surface area (TPSA) is 84.5 Å². The Balaban J connectivity index is 1.84. The highest BCUT2D eigenvalue weighted by molar-refractivity contribution is 14.1. The number of nitrogens with one attached hydrogen (secondary N) is 2. The first-order valence-electron chi connectivity index (χ1n) is 7.46. The Hall–Kier alpha value is -2.42. The number of amides is 3. The SMILES string of the molecule is Cc1ccc(NC(=O)NC(=O)COC(=O)c2ccccc2I)c(C)c1. The summed E-state index contributed by atoms with van der Waals surface area (Å²) in [7, 11) is 0. The van der Waals surface area contributed by atoms with E-state index in [0.29, 0.717) is 11.3 Å². The van der Waals surface area contributed by atoms with E-state index in [2.05, 4.69) is 10.6 Å². The van der Waals surface area contributed by atoms with Gasteiger partial charge in [0.05, 0.1) is 5.56 Å². The molecule has 0 aliphatic carbocycles. The summed E-state index contributed by atoms with van der Waals surface area (Å²) in [6.45, 7) is 3.26. The van der Waals surface area contributed by atoms with Gasteiger partial charge in [-0.05, 0) is 60.2 Å². The molecule has 0 saturated carbocycles. The van der Waals surface area contributed by atoms with Crippen LogP contribution in [-0.2, 0) is 9.53 Å². The molecule has 6 nitrogen and oxygen atoms in total. The average Bonchev–Trinajstić information content (AvgIpc) is 2.55. The first kappa shape index (κ1) is 18.9. The van der Waals surface area contributed by atoms with Crippen LogP contribution < -0.4 is 10.6 Å². The van der Waals surface area contributed by atoms with Crippen molar-refractivity contribution in [2.75, 3.05) is 11.9 Å². The second-order valence-corrected chi connectivity index (χ2v) is 6.54. The van der Waals surface area contributed by atoms with Crippen molar-refractivity contribution in [3.05, 3.63) is 62.7 Å². The number of benzene rings is 2. The van der Waals surface area contributed by atoms with Gasteiger partial charge < -0.3 is 10.1 Å². The van der Waals surface area contributed by atoms with Crippen molar-refractivity contribution in [2.45, 2.75) is 13.8 Å². The van der Waals surface area contributed by atoms with E-state index in [1.54, 1.807) is 30.3 Å². The minimum Gasteiger partial charge on any atom is -0.452 e. The van der Waals surface area contributed by atoms with Gasteiger partial charge in [0, 0.05) is 9.26 Å². The number of ether oxygens (including phenoxy) is 1. The van der Waals surface area contributed by atoms with E-state index in [1.807, 2.05) is 48.6 Å². The van der Waals surface area contributed by atoms with Crippen LogP contribution >= 0.6 is 22.6 Å². The van der Waals surface area contributed by atoms with Crippen LogP contribution in [0.4, 0.5) is 10.5 Å². The van der Waals surface area contributed by atoms with Crippen molar-refractivity contribution in [2.24, 2.45) is 0 Å². The molecule has 0 saturated heterocycles. The van der Waals surface area contributed by atoms with Crippen LogP contribution in [0.15, 0.2) is 42.5 Å². The van der Waals surface area contributed by atoms with Crippen molar-refractivity contribution in [1.82, 2.24) is 5.32 Å². The molecule has 0 spiro atoms. The molecule has 130 valence electrons. The summed E-state index contributed by atoms with van der Waals surface area (Å²) in [6.07, 6.45) is 0. The fraction of sp³-hybridized carbons (Fsp3) is 0.167. The Labute approximate surface area is 159 Å². The summed E-state index contributed by atoms with van der Waals surface area (Å²) in [6, 6.07) is 11.7. The minimum atomic E-state index is -0.707. The number of rotatable bonds is 4. The van der Waals surface area contributed by atoms with Crippen LogP contribution in [0, 0.1) is 17.4 Å². The quantitative estimate of drug-likeness (QED) is 0.550. The predicted octanol–water partition coefficient (Wildman–Crippen LogP) is 3.41. The molecule has 0 bridgehead atoms. The summed E-state index contributed by atoms with van der Waals surface area (Å²) < 4.78 is 5.65. The molecule has 0 unspecified atom stereocenters. The number of halogens is 1. The van der Waals surface area contributed by atoms with Gasteiger partial charge in [-0.1, -0.05) is 29.8 Å². The Morgan fingerprint density at radius 2 is 1.80 bits per heavy atom. The molecule has 2 aromatic carbocycles. The number of hydrogen-bond donors (Lipinski definition) is 2. The van der Waals surface area contributed by atoms with Gasteiger partial charge in [0.15, 0.2) is 6.61 Å². The molecule has 0 aromatic heterocycles. The van der Waals surface area contributed by atoms with Crippen molar-refractivity contribution in [1.29, 1.82) is 0 Å². The van der Waals surface area contributed by atoms with Gasteiger partial charge in [-0.2, -0.15) is 0 Å². The second kappa shape index (κ2) is 8.61. The molecule has 2 rings (SSSR count). The third-order valence-electron chi connectivity index (χ3n) is 3.31. The van der Waals surface area contributed by atoms with Crippen molar-refractivity contribution in [3.8, 4) is 0 Å². The van der Waals surface area contributed by atoms with Gasteiger partial charge in [0.25, 0.3) is 5.91 Å². The molecule has 0 heterocycles. The summed E-state index contributed by atoms with van der Waals surface area (Å²) in [5, 5.41) is 4.71. The van der Waals surface area contributed by atoms with Gasteiger partial charge in [-0.3, -0.25) is 10.1 Å². The maximum atomic E-state index is 11.9. The number of carbonyl (C=O) groups is 3. The Kier molecular flexibility index (Phi) is 6.51. The number of aryl methyl sites for hydroxylation is 2. The van der Waals surface area contributed by atoms with Gasteiger partial charge in [0.1, 0.15) is 0 Å². The van der Waals surface area contributed by atoms with E-state index in [4.69, 9.17) is 4.74 Å². The highest BCUT2D eigenvalue weighted by Gasteiger charge is 2.14. The van der Waals surface area contributed by atoms with E-state index in [1.165, 1.54) is 0 Å². The monoisotopic (exact) mass is 452 g/mol. The second-order valence-electron chi connectivity index (χ2n) is 5.38. The smallest absolute Gasteiger partial charge is 0.339 e. The lowest BCUT2D eigenvalue weighted by Gasteiger charge is -2.10. The fourth-order valence-corrected chi connectivity index (χ4v) is 2.71. The zero-order valence-corrected chi connectivity index (χ0v) is 15.9. The lowest BCUT2D eigenvalue weighted by Crippen LogP contribution is -2.37. The van der Waals surface area contributed by atoms with Crippen LogP contribution in [0.2, 0.25) is 0 Å². The third kappa shape index (κ3) is 5.56. The lowest BCUT2D eigenvalue weighted by atomic mass is 10.1. The number of carbonyl (C=O) groups excluding carboxylic acids is 3. The molecule has 2 N–H and O–H groups in total. The van der Waals surface area contributed by atoms with E-state index in [-0.39, 0.29) is 0 Å². The van der Waals surface area contributed by atoms with Crippen LogP contribution in [0.1, 0.15) is 21.5 Å². The average molecular weight is 452 g/mol. The number of imide groups is 1. The zero-order valence-electron chi connectivity index (χ0n) is 13.8. The van der Waals surface area contributed by atoms with Gasteiger partial charge in [0.2, 0.25) is 0 Å². The molecule has 0 aliphatic rings. The molecular formula is C18H17IN2O4. The van der Waals surface area contributed by atoms with Crippen LogP contribution in [0.3, 0.4) is 0 Å². The van der Waals surface area contributed by atoms with Crippen molar-refractivity contribution >= 4 is 46.2 Å². The summed E-state index contributed by atoms with van der Waals surface area (Å²) in [5.41, 5.74) is 2.93. The van der Waals surface area contributed by atoms with Crippen molar-refractivity contribution < 1.29 is 19.1 Å². The largest absolute Gasteiger partial charge is 0.452 e. The summed E-state index contributed by atoms with van der Waals surface area (Å²) >= 11 is 2.00. The lowest BCUT2D eigenvalue weighted by molar-refractivity contribution is -0.123. The first-order chi connectivity index (χ1) is 11.9. The number of esters is 1. The maximum Gasteiger partial charge on any atom is 0.339 e. The van der Waals surface area contributed by atoms with Gasteiger partial charge >= 0.3 is 12.0 Å². The van der Waals surface area contributed by atoms with Crippen LogP contribution in [-0.4, -0.2) is 24.5 Å². The van der Waals surface area contributed by atoms with Gasteiger partial charge in [-0.25, -0.2) is 9.59 Å². The molecule has 0 atom stereocenters. The molecular weight excluding hydrogens is 435 g/mol. The Bertz CT molecular complexity index is 820. The minimum absolute atomic E-state index is 0.371. The van der Waals surface area contributed by atoms with E-state index >= 15 is 0 Å².